The number of halogens is 1. The largest absolute Gasteiger partial charge is 0.461 e. The molecule has 1 heterocycles. The topological polar surface area (TPSA) is 80.0 Å². The fraction of sp³-hybridized carbons (Fsp3) is 0.600. The number of benzene rings is 1. The van der Waals surface area contributed by atoms with Crippen LogP contribution in [0.1, 0.15) is 44.6 Å². The second-order valence-electron chi connectivity index (χ2n) is 6.68. The van der Waals surface area contributed by atoms with Gasteiger partial charge in [-0.15, -0.1) is 24.0 Å². The summed E-state index contributed by atoms with van der Waals surface area (Å²) in [4.78, 5) is 18.6. The first-order valence-electron chi connectivity index (χ1n) is 9.66. The number of carbonyl (C=O) groups excluding carboxylic acids is 1. The molecule has 0 aromatic heterocycles. The number of nitrogens with zero attached hydrogens (tertiary/aromatic N) is 2. The summed E-state index contributed by atoms with van der Waals surface area (Å²) in [5.41, 5.74) is 6.93. The van der Waals surface area contributed by atoms with E-state index in [1.165, 1.54) is 19.4 Å². The van der Waals surface area contributed by atoms with Crippen LogP contribution in [0.5, 0.6) is 0 Å². The lowest BCUT2D eigenvalue weighted by Gasteiger charge is -2.20. The molecule has 1 atom stereocenters. The molecule has 0 aliphatic carbocycles. The number of esters is 1. The zero-order valence-corrected chi connectivity index (χ0v) is 18.6. The van der Waals surface area contributed by atoms with Crippen molar-refractivity contribution >= 4 is 35.9 Å². The number of hydrogen-bond acceptors (Lipinski definition) is 4. The van der Waals surface area contributed by atoms with Crippen LogP contribution in [0, 0.1) is 0 Å². The van der Waals surface area contributed by atoms with E-state index in [0.717, 1.165) is 38.0 Å². The first-order chi connectivity index (χ1) is 12.7. The quantitative estimate of drug-likeness (QED) is 0.174. The number of likely N-dealkylation sites (tertiary alicyclic amines) is 1. The van der Waals surface area contributed by atoms with Gasteiger partial charge in [-0.2, -0.15) is 0 Å². The van der Waals surface area contributed by atoms with Gasteiger partial charge in [0, 0.05) is 19.0 Å². The maximum absolute atomic E-state index is 11.7. The van der Waals surface area contributed by atoms with Gasteiger partial charge in [-0.1, -0.05) is 37.3 Å². The average Bonchev–Trinajstić information content (AvgIpc) is 3.13. The third kappa shape index (κ3) is 9.41. The molecule has 0 radical (unpaired) electrons. The van der Waals surface area contributed by atoms with E-state index in [1.807, 2.05) is 30.3 Å². The second-order valence-corrected chi connectivity index (χ2v) is 6.68. The SMILES string of the molecule is CCN1CCCC1CN=C(N)NCCCCC(=O)OCc1ccccc1.I. The van der Waals surface area contributed by atoms with Crippen molar-refractivity contribution < 1.29 is 9.53 Å². The smallest absolute Gasteiger partial charge is 0.306 e. The third-order valence-corrected chi connectivity index (χ3v) is 4.73. The van der Waals surface area contributed by atoms with E-state index in [1.54, 1.807) is 0 Å². The molecule has 0 spiro atoms. The summed E-state index contributed by atoms with van der Waals surface area (Å²) in [5, 5.41) is 3.13. The van der Waals surface area contributed by atoms with Gasteiger partial charge >= 0.3 is 5.97 Å². The van der Waals surface area contributed by atoms with E-state index in [9.17, 15) is 4.79 Å². The lowest BCUT2D eigenvalue weighted by molar-refractivity contribution is -0.145. The van der Waals surface area contributed by atoms with E-state index in [-0.39, 0.29) is 29.9 Å². The number of guanidine groups is 1. The minimum absolute atomic E-state index is 0. The molecule has 1 aromatic rings. The Bertz CT molecular complexity index is 568. The van der Waals surface area contributed by atoms with Crippen molar-refractivity contribution in [3.8, 4) is 0 Å². The van der Waals surface area contributed by atoms with Crippen molar-refractivity contribution in [3.63, 3.8) is 0 Å². The fourth-order valence-corrected chi connectivity index (χ4v) is 3.20. The monoisotopic (exact) mass is 488 g/mol. The van der Waals surface area contributed by atoms with E-state index in [4.69, 9.17) is 10.5 Å². The van der Waals surface area contributed by atoms with Gasteiger partial charge in [0.1, 0.15) is 6.61 Å². The van der Waals surface area contributed by atoms with Crippen molar-refractivity contribution in [2.45, 2.75) is 51.7 Å². The van der Waals surface area contributed by atoms with Crippen LogP contribution in [0.3, 0.4) is 0 Å². The van der Waals surface area contributed by atoms with E-state index < -0.39 is 0 Å². The second kappa shape index (κ2) is 13.8. The number of rotatable bonds is 10. The molecule has 1 saturated heterocycles. The highest BCUT2D eigenvalue weighted by molar-refractivity contribution is 14.0. The van der Waals surface area contributed by atoms with Gasteiger partial charge in [0.15, 0.2) is 5.96 Å². The molecule has 152 valence electrons. The standard InChI is InChI=1S/C20H32N4O2.HI/c1-2-24-14-8-11-18(24)15-23-20(21)22-13-7-6-12-19(25)26-16-17-9-4-3-5-10-17;/h3-5,9-10,18H,2,6-8,11-16H2,1H3,(H3,21,22,23);1H. The Balaban J connectivity index is 0.00000364. The minimum Gasteiger partial charge on any atom is -0.461 e. The van der Waals surface area contributed by atoms with Crippen molar-refractivity contribution in [3.05, 3.63) is 35.9 Å². The lowest BCUT2D eigenvalue weighted by Crippen LogP contribution is -2.36. The molecule has 6 nitrogen and oxygen atoms in total. The van der Waals surface area contributed by atoms with Crippen molar-refractivity contribution in [2.24, 2.45) is 10.7 Å². The number of aliphatic imine (C=N–C) groups is 1. The van der Waals surface area contributed by atoms with Gasteiger partial charge in [-0.05, 0) is 44.3 Å². The fourth-order valence-electron chi connectivity index (χ4n) is 3.20. The van der Waals surface area contributed by atoms with Crippen LogP contribution in [0.15, 0.2) is 35.3 Å². The first kappa shape index (κ1) is 23.7. The summed E-state index contributed by atoms with van der Waals surface area (Å²) in [5.74, 6) is 0.344. The molecule has 0 amide bonds. The molecule has 0 bridgehead atoms. The lowest BCUT2D eigenvalue weighted by atomic mass is 10.2. The van der Waals surface area contributed by atoms with Crippen LogP contribution in [0.25, 0.3) is 0 Å². The van der Waals surface area contributed by atoms with E-state index in [2.05, 4.69) is 22.1 Å². The number of unbranched alkanes of at least 4 members (excludes halogenated alkanes) is 1. The average molecular weight is 488 g/mol. The predicted molar refractivity (Wildman–Crippen MR) is 120 cm³/mol. The van der Waals surface area contributed by atoms with Crippen LogP contribution < -0.4 is 11.1 Å². The molecule has 1 fully saturated rings. The highest BCUT2D eigenvalue weighted by atomic mass is 127. The molecular weight excluding hydrogens is 455 g/mol. The molecule has 1 unspecified atom stereocenters. The van der Waals surface area contributed by atoms with Gasteiger partial charge in [0.05, 0.1) is 6.54 Å². The number of carbonyl (C=O) groups is 1. The zero-order valence-electron chi connectivity index (χ0n) is 16.2. The van der Waals surface area contributed by atoms with Gasteiger partial charge in [0.2, 0.25) is 0 Å². The predicted octanol–water partition coefficient (Wildman–Crippen LogP) is 2.91. The van der Waals surface area contributed by atoms with Gasteiger partial charge in [0.25, 0.3) is 0 Å². The number of ether oxygens (including phenoxy) is 1. The summed E-state index contributed by atoms with van der Waals surface area (Å²) in [6, 6.07) is 10.2. The molecule has 7 heteroatoms. The molecule has 2 rings (SSSR count). The Morgan fingerprint density at radius 2 is 2.11 bits per heavy atom. The normalized spacial score (nSPS) is 17.4. The van der Waals surface area contributed by atoms with Crippen LogP contribution in [0.4, 0.5) is 0 Å². The highest BCUT2D eigenvalue weighted by Crippen LogP contribution is 2.16. The van der Waals surface area contributed by atoms with Gasteiger partial charge in [-0.3, -0.25) is 14.7 Å². The van der Waals surface area contributed by atoms with Crippen molar-refractivity contribution in [1.29, 1.82) is 0 Å². The van der Waals surface area contributed by atoms with Crippen LogP contribution in [-0.2, 0) is 16.1 Å². The summed E-state index contributed by atoms with van der Waals surface area (Å²) in [6.07, 6.45) is 4.53. The number of nitrogens with two attached hydrogens (primary N) is 1. The van der Waals surface area contributed by atoms with Crippen LogP contribution >= 0.6 is 24.0 Å². The molecule has 3 N–H and O–H groups in total. The van der Waals surface area contributed by atoms with Gasteiger partial charge in [-0.25, -0.2) is 0 Å². The molecule has 27 heavy (non-hydrogen) atoms. The highest BCUT2D eigenvalue weighted by Gasteiger charge is 2.22. The summed E-state index contributed by atoms with van der Waals surface area (Å²) in [6.45, 7) is 6.27. The van der Waals surface area contributed by atoms with Gasteiger partial charge < -0.3 is 15.8 Å². The molecular formula is C20H33IN4O2. The van der Waals surface area contributed by atoms with E-state index >= 15 is 0 Å². The Kier molecular flexibility index (Phi) is 12.1. The van der Waals surface area contributed by atoms with E-state index in [0.29, 0.717) is 25.0 Å². The Morgan fingerprint density at radius 3 is 2.85 bits per heavy atom. The van der Waals surface area contributed by atoms with Crippen LogP contribution in [-0.4, -0.2) is 49.0 Å². The zero-order chi connectivity index (χ0) is 18.6. The Labute approximate surface area is 179 Å². The Morgan fingerprint density at radius 1 is 1.33 bits per heavy atom. The molecule has 1 aromatic carbocycles. The number of hydrogen-bond donors (Lipinski definition) is 2. The third-order valence-electron chi connectivity index (χ3n) is 4.73. The van der Waals surface area contributed by atoms with Crippen molar-refractivity contribution in [1.82, 2.24) is 10.2 Å². The van der Waals surface area contributed by atoms with Crippen LogP contribution in [0.2, 0.25) is 0 Å². The van der Waals surface area contributed by atoms with Crippen molar-refractivity contribution in [2.75, 3.05) is 26.2 Å². The number of nitrogens with one attached hydrogen (secondary N) is 1. The maximum Gasteiger partial charge on any atom is 0.306 e. The summed E-state index contributed by atoms with van der Waals surface area (Å²) < 4.78 is 5.26. The molecule has 1 aliphatic rings. The molecule has 1 aliphatic heterocycles. The summed E-state index contributed by atoms with van der Waals surface area (Å²) >= 11 is 0. The minimum atomic E-state index is -0.156. The summed E-state index contributed by atoms with van der Waals surface area (Å²) in [7, 11) is 0. The Hall–Kier alpha value is -1.35. The molecule has 0 saturated carbocycles. The first-order valence-corrected chi connectivity index (χ1v) is 9.66. The number of likely N-dealkylation sites (N-methyl/N-ethyl adjacent to an activating group) is 1. The maximum atomic E-state index is 11.7.